The van der Waals surface area contributed by atoms with Gasteiger partial charge in [0.25, 0.3) is 5.56 Å². The highest BCUT2D eigenvalue weighted by Gasteiger charge is 2.21. The Morgan fingerprint density at radius 1 is 1.15 bits per heavy atom. The zero-order chi connectivity index (χ0) is 23.1. The Morgan fingerprint density at radius 2 is 1.94 bits per heavy atom. The average Bonchev–Trinajstić information content (AvgIpc) is 3.26. The number of nitrogens with zero attached hydrogens (tertiary/aromatic N) is 6. The molecule has 0 bridgehead atoms. The van der Waals surface area contributed by atoms with Gasteiger partial charge in [0.2, 0.25) is 5.95 Å². The minimum absolute atomic E-state index is 0.251. The standard InChI is InChI=1S/C23H25Cl2N7O/c1-14-12-31(21-18(24)4-3-5-19(21)25)22(33)17-11-26-23(29-20(14)17)28-15-10-27-32(13-15)16-6-8-30(2)9-7-16/h4,10-13,16H,3,5-9H2,1-2H3,(H,26,28,29). The van der Waals surface area contributed by atoms with Crippen LogP contribution in [0.3, 0.4) is 0 Å². The molecular weight excluding hydrogens is 461 g/mol. The molecule has 1 aliphatic carbocycles. The summed E-state index contributed by atoms with van der Waals surface area (Å²) in [7, 11) is 2.14. The van der Waals surface area contributed by atoms with E-state index in [4.69, 9.17) is 23.2 Å². The number of aromatic nitrogens is 5. The number of nitrogens with one attached hydrogen (secondary N) is 1. The summed E-state index contributed by atoms with van der Waals surface area (Å²) in [5, 5.41) is 9.21. The van der Waals surface area contributed by atoms with Crippen molar-refractivity contribution in [2.24, 2.45) is 0 Å². The number of fused-ring (bicyclic) bond motifs is 1. The van der Waals surface area contributed by atoms with Crippen LogP contribution >= 0.6 is 23.2 Å². The van der Waals surface area contributed by atoms with Crippen LogP contribution in [0.5, 0.6) is 0 Å². The molecule has 0 saturated carbocycles. The fraction of sp³-hybridized carbons (Fsp3) is 0.391. The first-order valence-corrected chi connectivity index (χ1v) is 11.8. The smallest absolute Gasteiger partial charge is 0.266 e. The van der Waals surface area contributed by atoms with Crippen molar-refractivity contribution in [1.82, 2.24) is 29.2 Å². The van der Waals surface area contributed by atoms with Crippen molar-refractivity contribution in [2.45, 2.75) is 38.6 Å². The third-order valence-corrected chi connectivity index (χ3v) is 6.97. The zero-order valence-electron chi connectivity index (χ0n) is 18.6. The normalized spacial score (nSPS) is 18.1. The van der Waals surface area contributed by atoms with Crippen LogP contribution < -0.4 is 10.9 Å². The lowest BCUT2D eigenvalue weighted by Gasteiger charge is -2.28. The van der Waals surface area contributed by atoms with Crippen LogP contribution in [0.2, 0.25) is 0 Å². The van der Waals surface area contributed by atoms with Crippen molar-refractivity contribution in [3.8, 4) is 0 Å². The van der Waals surface area contributed by atoms with Gasteiger partial charge in [0.1, 0.15) is 0 Å². The second kappa shape index (κ2) is 8.93. The molecule has 0 unspecified atom stereocenters. The van der Waals surface area contributed by atoms with Crippen LogP contribution in [0.15, 0.2) is 45.7 Å². The van der Waals surface area contributed by atoms with Crippen molar-refractivity contribution < 1.29 is 0 Å². The maximum absolute atomic E-state index is 13.2. The van der Waals surface area contributed by atoms with E-state index in [1.165, 1.54) is 4.57 Å². The molecule has 0 atom stereocenters. The Morgan fingerprint density at radius 3 is 2.70 bits per heavy atom. The van der Waals surface area contributed by atoms with Gasteiger partial charge in [-0.15, -0.1) is 0 Å². The number of allylic oxidation sites excluding steroid dienone is 4. The van der Waals surface area contributed by atoms with E-state index in [2.05, 4.69) is 32.3 Å². The number of aryl methyl sites for hydroxylation is 1. The molecule has 1 fully saturated rings. The molecule has 4 heterocycles. The lowest BCUT2D eigenvalue weighted by atomic mass is 10.1. The molecule has 0 radical (unpaired) electrons. The van der Waals surface area contributed by atoms with Crippen molar-refractivity contribution in [3.05, 3.63) is 56.8 Å². The van der Waals surface area contributed by atoms with Gasteiger partial charge in [0, 0.05) is 23.6 Å². The minimum atomic E-state index is -0.251. The van der Waals surface area contributed by atoms with Crippen molar-refractivity contribution in [3.63, 3.8) is 0 Å². The van der Waals surface area contributed by atoms with Crippen LogP contribution in [0.25, 0.3) is 16.6 Å². The summed E-state index contributed by atoms with van der Waals surface area (Å²) in [4.78, 5) is 24.5. The Labute approximate surface area is 201 Å². The largest absolute Gasteiger partial charge is 0.321 e. The molecule has 3 aromatic heterocycles. The summed E-state index contributed by atoms with van der Waals surface area (Å²) in [6, 6.07) is 0.400. The predicted octanol–water partition coefficient (Wildman–Crippen LogP) is 4.63. The topological polar surface area (TPSA) is 80.9 Å². The summed E-state index contributed by atoms with van der Waals surface area (Å²) < 4.78 is 3.51. The second-order valence-corrected chi connectivity index (χ2v) is 9.52. The molecule has 8 nitrogen and oxygen atoms in total. The highest BCUT2D eigenvalue weighted by molar-refractivity contribution is 6.41. The number of hydrogen-bond donors (Lipinski definition) is 1. The lowest BCUT2D eigenvalue weighted by molar-refractivity contribution is 0.212. The van der Waals surface area contributed by atoms with Gasteiger partial charge >= 0.3 is 0 Å². The van der Waals surface area contributed by atoms with E-state index in [1.807, 2.05) is 23.9 Å². The van der Waals surface area contributed by atoms with Crippen molar-refractivity contribution >= 4 is 51.4 Å². The highest BCUT2D eigenvalue weighted by Crippen LogP contribution is 2.33. The number of rotatable bonds is 4. The number of halogens is 2. The Balaban J connectivity index is 1.43. The zero-order valence-corrected chi connectivity index (χ0v) is 20.1. The first-order valence-electron chi connectivity index (χ1n) is 11.0. The molecule has 0 spiro atoms. The van der Waals surface area contributed by atoms with Crippen LogP contribution in [-0.2, 0) is 0 Å². The number of likely N-dealkylation sites (tertiary alicyclic amines) is 1. The minimum Gasteiger partial charge on any atom is -0.321 e. The predicted molar refractivity (Wildman–Crippen MR) is 132 cm³/mol. The van der Waals surface area contributed by atoms with Gasteiger partial charge in [0.05, 0.1) is 39.6 Å². The van der Waals surface area contributed by atoms with Crippen LogP contribution in [0, 0.1) is 6.92 Å². The Hall–Kier alpha value is -2.68. The van der Waals surface area contributed by atoms with Crippen LogP contribution in [0.4, 0.5) is 11.6 Å². The van der Waals surface area contributed by atoms with E-state index in [0.717, 1.165) is 43.6 Å². The molecule has 172 valence electrons. The first kappa shape index (κ1) is 22.1. The fourth-order valence-corrected chi connectivity index (χ4v) is 5.08. The van der Waals surface area contributed by atoms with Gasteiger partial charge < -0.3 is 10.2 Å². The van der Waals surface area contributed by atoms with E-state index in [0.29, 0.717) is 45.1 Å². The maximum Gasteiger partial charge on any atom is 0.266 e. The quantitative estimate of drug-likeness (QED) is 0.579. The highest BCUT2D eigenvalue weighted by atomic mass is 35.5. The SMILES string of the molecule is Cc1cn(C2=C(Cl)CCC=C2Cl)c(=O)c2cnc(Nc3cnn(C4CCN(C)CC4)c3)nc12. The van der Waals surface area contributed by atoms with Gasteiger partial charge in [0.15, 0.2) is 0 Å². The Bertz CT molecular complexity index is 1330. The third-order valence-electron chi connectivity index (χ3n) is 6.27. The number of pyridine rings is 1. The summed E-state index contributed by atoms with van der Waals surface area (Å²) >= 11 is 12.8. The van der Waals surface area contributed by atoms with Gasteiger partial charge in [-0.2, -0.15) is 5.10 Å². The van der Waals surface area contributed by atoms with Crippen molar-refractivity contribution in [1.29, 1.82) is 0 Å². The Kier molecular flexibility index (Phi) is 5.99. The molecule has 1 aliphatic heterocycles. The number of piperidine rings is 1. The average molecular weight is 486 g/mol. The van der Waals surface area contributed by atoms with Gasteiger partial charge in [-0.05, 0) is 58.3 Å². The monoisotopic (exact) mass is 485 g/mol. The van der Waals surface area contributed by atoms with Crippen LogP contribution in [0.1, 0.15) is 37.3 Å². The molecule has 0 aromatic carbocycles. The van der Waals surface area contributed by atoms with Gasteiger partial charge in [-0.1, -0.05) is 29.3 Å². The molecule has 1 N–H and O–H groups in total. The molecule has 33 heavy (non-hydrogen) atoms. The summed E-state index contributed by atoms with van der Waals surface area (Å²) in [5.74, 6) is 0.415. The molecule has 10 heteroatoms. The van der Waals surface area contributed by atoms with E-state index in [9.17, 15) is 4.79 Å². The van der Waals surface area contributed by atoms with Gasteiger partial charge in [-0.3, -0.25) is 14.0 Å². The first-order chi connectivity index (χ1) is 15.9. The van der Waals surface area contributed by atoms with E-state index < -0.39 is 0 Å². The van der Waals surface area contributed by atoms with E-state index in [-0.39, 0.29) is 5.56 Å². The second-order valence-electron chi connectivity index (χ2n) is 8.66. The van der Waals surface area contributed by atoms with Gasteiger partial charge in [-0.25, -0.2) is 9.97 Å². The fourth-order valence-electron chi connectivity index (χ4n) is 4.42. The third kappa shape index (κ3) is 4.30. The summed E-state index contributed by atoms with van der Waals surface area (Å²) in [6.45, 7) is 4.05. The van der Waals surface area contributed by atoms with Crippen molar-refractivity contribution in [2.75, 3.05) is 25.5 Å². The van der Waals surface area contributed by atoms with Crippen LogP contribution in [-0.4, -0.2) is 49.4 Å². The molecular formula is C23H25Cl2N7O. The van der Waals surface area contributed by atoms with E-state index in [1.54, 1.807) is 18.6 Å². The maximum atomic E-state index is 13.2. The summed E-state index contributed by atoms with van der Waals surface area (Å²) in [5.41, 5.74) is 2.51. The lowest BCUT2D eigenvalue weighted by Crippen LogP contribution is -2.31. The number of anilines is 2. The summed E-state index contributed by atoms with van der Waals surface area (Å²) in [6.07, 6.45) is 12.5. The number of hydrogen-bond acceptors (Lipinski definition) is 6. The molecule has 3 aromatic rings. The molecule has 2 aliphatic rings. The molecule has 0 amide bonds. The van der Waals surface area contributed by atoms with E-state index >= 15 is 0 Å². The molecule has 1 saturated heterocycles. The molecule has 5 rings (SSSR count).